The van der Waals surface area contributed by atoms with E-state index in [0.29, 0.717) is 13.1 Å². The Kier molecular flexibility index (Phi) is 3.25. The van der Waals surface area contributed by atoms with Gasteiger partial charge in [0.15, 0.2) is 0 Å². The fourth-order valence-corrected chi connectivity index (χ4v) is 2.37. The van der Waals surface area contributed by atoms with E-state index in [9.17, 15) is 8.78 Å². The van der Waals surface area contributed by atoms with Gasteiger partial charge in [-0.25, -0.2) is 8.78 Å². The van der Waals surface area contributed by atoms with Crippen molar-refractivity contribution in [2.24, 2.45) is 0 Å². The lowest BCUT2D eigenvalue weighted by Gasteiger charge is -2.16. The van der Waals surface area contributed by atoms with Crippen molar-refractivity contribution >= 4 is 22.6 Å². The number of rotatable bonds is 2. The molecule has 2 rings (SSSR count). The normalized spacial score (nSPS) is 20.7. The lowest BCUT2D eigenvalue weighted by molar-refractivity contribution is 0.0115. The highest BCUT2D eigenvalue weighted by atomic mass is 127. The summed E-state index contributed by atoms with van der Waals surface area (Å²) in [7, 11) is 0. The van der Waals surface area contributed by atoms with Gasteiger partial charge >= 0.3 is 0 Å². The van der Waals surface area contributed by atoms with Gasteiger partial charge in [-0.1, -0.05) is 18.2 Å². The van der Waals surface area contributed by atoms with Gasteiger partial charge in [0.1, 0.15) is 0 Å². The van der Waals surface area contributed by atoms with Gasteiger partial charge in [-0.05, 0) is 34.2 Å². The van der Waals surface area contributed by atoms with Crippen LogP contribution in [0, 0.1) is 3.57 Å². The number of benzene rings is 1. The molecule has 0 aromatic heterocycles. The smallest absolute Gasteiger partial charge is 0.261 e. The highest BCUT2D eigenvalue weighted by Gasteiger charge is 2.37. The van der Waals surface area contributed by atoms with Crippen LogP contribution in [0.5, 0.6) is 0 Å². The first-order valence-electron chi connectivity index (χ1n) is 4.90. The van der Waals surface area contributed by atoms with E-state index in [0.717, 1.165) is 9.13 Å². The number of hydrogen-bond donors (Lipinski definition) is 0. The van der Waals surface area contributed by atoms with E-state index in [2.05, 4.69) is 22.6 Å². The fourth-order valence-electron chi connectivity index (χ4n) is 1.81. The summed E-state index contributed by atoms with van der Waals surface area (Å²) in [4.78, 5) is 1.82. The predicted molar refractivity (Wildman–Crippen MR) is 64.0 cm³/mol. The second kappa shape index (κ2) is 4.33. The van der Waals surface area contributed by atoms with E-state index in [1.165, 1.54) is 0 Å². The maximum atomic E-state index is 13.0. The molecule has 1 heterocycles. The SMILES string of the molecule is FC1(F)CCN(Cc2ccccc2I)C1. The molecule has 0 saturated carbocycles. The summed E-state index contributed by atoms with van der Waals surface area (Å²) in [6.45, 7) is 1.03. The molecule has 0 bridgehead atoms. The first-order valence-corrected chi connectivity index (χ1v) is 5.98. The third-order valence-corrected chi connectivity index (χ3v) is 3.65. The molecule has 0 radical (unpaired) electrons. The molecular formula is C11H12F2IN. The van der Waals surface area contributed by atoms with Crippen molar-refractivity contribution in [1.29, 1.82) is 0 Å². The van der Waals surface area contributed by atoms with E-state index in [-0.39, 0.29) is 13.0 Å². The van der Waals surface area contributed by atoms with Crippen molar-refractivity contribution in [3.63, 3.8) is 0 Å². The van der Waals surface area contributed by atoms with Gasteiger partial charge in [-0.3, -0.25) is 4.90 Å². The first kappa shape index (κ1) is 11.3. The zero-order chi connectivity index (χ0) is 10.9. The first-order chi connectivity index (χ1) is 7.07. The third kappa shape index (κ3) is 2.87. The molecule has 1 saturated heterocycles. The molecule has 0 aliphatic carbocycles. The predicted octanol–water partition coefficient (Wildman–Crippen LogP) is 3.13. The molecule has 1 nitrogen and oxygen atoms in total. The van der Waals surface area contributed by atoms with Crippen LogP contribution in [0.25, 0.3) is 0 Å². The molecule has 1 aliphatic heterocycles. The Hall–Kier alpha value is -0.230. The zero-order valence-corrected chi connectivity index (χ0v) is 10.4. The van der Waals surface area contributed by atoms with Crippen molar-refractivity contribution in [3.05, 3.63) is 33.4 Å². The molecule has 1 aromatic carbocycles. The summed E-state index contributed by atoms with van der Waals surface area (Å²) >= 11 is 2.24. The lowest BCUT2D eigenvalue weighted by Crippen LogP contribution is -2.25. The Morgan fingerprint density at radius 1 is 1.33 bits per heavy atom. The largest absolute Gasteiger partial charge is 0.293 e. The van der Waals surface area contributed by atoms with Crippen LogP contribution in [0.4, 0.5) is 8.78 Å². The Morgan fingerprint density at radius 3 is 2.67 bits per heavy atom. The van der Waals surface area contributed by atoms with Crippen LogP contribution in [0.2, 0.25) is 0 Å². The van der Waals surface area contributed by atoms with E-state index in [4.69, 9.17) is 0 Å². The third-order valence-electron chi connectivity index (χ3n) is 2.60. The average molecular weight is 323 g/mol. The van der Waals surface area contributed by atoms with Crippen LogP contribution in [0.15, 0.2) is 24.3 Å². The minimum atomic E-state index is -2.49. The van der Waals surface area contributed by atoms with E-state index >= 15 is 0 Å². The summed E-state index contributed by atoms with van der Waals surface area (Å²) in [5.74, 6) is -2.49. The number of hydrogen-bond acceptors (Lipinski definition) is 1. The molecule has 15 heavy (non-hydrogen) atoms. The van der Waals surface area contributed by atoms with Crippen molar-refractivity contribution < 1.29 is 8.78 Å². The summed E-state index contributed by atoms with van der Waals surface area (Å²) in [5, 5.41) is 0. The molecule has 0 unspecified atom stereocenters. The molecule has 82 valence electrons. The number of nitrogens with zero attached hydrogens (tertiary/aromatic N) is 1. The molecule has 1 fully saturated rings. The second-order valence-electron chi connectivity index (χ2n) is 3.91. The van der Waals surface area contributed by atoms with Crippen LogP contribution < -0.4 is 0 Å². The summed E-state index contributed by atoms with van der Waals surface area (Å²) < 4.78 is 27.1. The summed E-state index contributed by atoms with van der Waals surface area (Å²) in [6.07, 6.45) is -0.00356. The van der Waals surface area contributed by atoms with Crippen molar-refractivity contribution in [3.8, 4) is 0 Å². The Balaban J connectivity index is 2.02. The molecule has 0 atom stereocenters. The topological polar surface area (TPSA) is 3.24 Å². The van der Waals surface area contributed by atoms with Gasteiger partial charge in [-0.15, -0.1) is 0 Å². The van der Waals surface area contributed by atoms with Crippen molar-refractivity contribution in [2.45, 2.75) is 18.9 Å². The molecule has 0 N–H and O–H groups in total. The van der Waals surface area contributed by atoms with Crippen LogP contribution in [-0.4, -0.2) is 23.9 Å². The minimum Gasteiger partial charge on any atom is -0.293 e. The highest BCUT2D eigenvalue weighted by molar-refractivity contribution is 14.1. The van der Waals surface area contributed by atoms with Crippen molar-refractivity contribution in [1.82, 2.24) is 4.90 Å². The summed E-state index contributed by atoms with van der Waals surface area (Å²) in [6, 6.07) is 7.91. The fraction of sp³-hybridized carbons (Fsp3) is 0.455. The van der Waals surface area contributed by atoms with Gasteiger partial charge in [-0.2, -0.15) is 0 Å². The molecule has 4 heteroatoms. The lowest BCUT2D eigenvalue weighted by atomic mass is 10.2. The maximum absolute atomic E-state index is 13.0. The van der Waals surface area contributed by atoms with Gasteiger partial charge in [0.05, 0.1) is 6.54 Å². The quantitative estimate of drug-likeness (QED) is 0.756. The molecular weight excluding hydrogens is 311 g/mol. The Labute approximate surface area is 102 Å². The molecule has 1 aromatic rings. The van der Waals surface area contributed by atoms with Gasteiger partial charge in [0.25, 0.3) is 5.92 Å². The maximum Gasteiger partial charge on any atom is 0.261 e. The molecule has 0 amide bonds. The van der Waals surface area contributed by atoms with Gasteiger partial charge < -0.3 is 0 Å². The minimum absolute atomic E-state index is 0.00356. The van der Waals surface area contributed by atoms with Crippen LogP contribution in [0.3, 0.4) is 0 Å². The van der Waals surface area contributed by atoms with Crippen LogP contribution in [0.1, 0.15) is 12.0 Å². The monoisotopic (exact) mass is 323 g/mol. The highest BCUT2D eigenvalue weighted by Crippen LogP contribution is 2.28. The van der Waals surface area contributed by atoms with E-state index in [1.54, 1.807) is 0 Å². The van der Waals surface area contributed by atoms with Gasteiger partial charge in [0.2, 0.25) is 0 Å². The average Bonchev–Trinajstić information content (AvgIpc) is 2.50. The van der Waals surface area contributed by atoms with Gasteiger partial charge in [0, 0.05) is 23.1 Å². The zero-order valence-electron chi connectivity index (χ0n) is 8.22. The van der Waals surface area contributed by atoms with E-state index < -0.39 is 5.92 Å². The van der Waals surface area contributed by atoms with E-state index in [1.807, 2.05) is 29.2 Å². The molecule has 0 spiro atoms. The van der Waals surface area contributed by atoms with Crippen molar-refractivity contribution in [2.75, 3.05) is 13.1 Å². The van der Waals surface area contributed by atoms with Crippen LogP contribution in [-0.2, 0) is 6.54 Å². The number of likely N-dealkylation sites (tertiary alicyclic amines) is 1. The Bertz CT molecular complexity index is 354. The summed E-state index contributed by atoms with van der Waals surface area (Å²) in [5.41, 5.74) is 1.14. The van der Waals surface area contributed by atoms with Crippen LogP contribution >= 0.6 is 22.6 Å². The Morgan fingerprint density at radius 2 is 2.07 bits per heavy atom. The number of halogens is 3. The number of alkyl halides is 2. The standard InChI is InChI=1S/C11H12F2IN/c12-11(13)5-6-15(8-11)7-9-3-1-2-4-10(9)14/h1-4H,5-8H2. The second-order valence-corrected chi connectivity index (χ2v) is 5.07. The molecule has 1 aliphatic rings.